The summed E-state index contributed by atoms with van der Waals surface area (Å²) < 4.78 is 0.773. The van der Waals surface area contributed by atoms with Gasteiger partial charge in [-0.2, -0.15) is 0 Å². The molecule has 16 heavy (non-hydrogen) atoms. The van der Waals surface area contributed by atoms with Gasteiger partial charge in [-0.1, -0.05) is 11.6 Å². The standard InChI is InChI=1S/C11H15ClN2OS/c1-14(7-8-4-5-10(12)16-8)11(15)9-3-2-6-13-9/h4-5,9,13H,2-3,6-7H2,1H3/t9-/m0/s1. The zero-order valence-corrected chi connectivity index (χ0v) is 10.8. The van der Waals surface area contributed by atoms with Crippen LogP contribution in [0.2, 0.25) is 4.34 Å². The van der Waals surface area contributed by atoms with Gasteiger partial charge >= 0.3 is 0 Å². The van der Waals surface area contributed by atoms with Crippen molar-refractivity contribution >= 4 is 28.8 Å². The highest BCUT2D eigenvalue weighted by atomic mass is 35.5. The Morgan fingerprint density at radius 1 is 1.69 bits per heavy atom. The van der Waals surface area contributed by atoms with E-state index in [4.69, 9.17) is 11.6 Å². The molecule has 0 aliphatic carbocycles. The summed E-state index contributed by atoms with van der Waals surface area (Å²) in [6, 6.07) is 3.85. The number of nitrogens with one attached hydrogen (secondary N) is 1. The van der Waals surface area contributed by atoms with Crippen molar-refractivity contribution in [2.45, 2.75) is 25.4 Å². The minimum absolute atomic E-state index is 0.0143. The number of amides is 1. The van der Waals surface area contributed by atoms with Crippen LogP contribution in [0.4, 0.5) is 0 Å². The van der Waals surface area contributed by atoms with Crippen LogP contribution in [0, 0.1) is 0 Å². The molecule has 1 amide bonds. The zero-order valence-electron chi connectivity index (χ0n) is 9.20. The fraction of sp³-hybridized carbons (Fsp3) is 0.545. The molecular weight excluding hydrogens is 244 g/mol. The number of halogens is 1. The molecule has 1 aromatic rings. The summed E-state index contributed by atoms with van der Waals surface area (Å²) in [7, 11) is 1.84. The molecule has 1 N–H and O–H groups in total. The maximum Gasteiger partial charge on any atom is 0.239 e. The van der Waals surface area contributed by atoms with Crippen LogP contribution >= 0.6 is 22.9 Å². The van der Waals surface area contributed by atoms with Gasteiger partial charge in [-0.05, 0) is 31.5 Å². The lowest BCUT2D eigenvalue weighted by atomic mass is 10.2. The monoisotopic (exact) mass is 258 g/mol. The Morgan fingerprint density at radius 3 is 3.06 bits per heavy atom. The molecule has 1 fully saturated rings. The number of carbonyl (C=O) groups is 1. The lowest BCUT2D eigenvalue weighted by Crippen LogP contribution is -2.41. The molecular formula is C11H15ClN2OS. The number of thiophene rings is 1. The Kier molecular flexibility index (Phi) is 3.84. The molecule has 0 unspecified atom stereocenters. The normalized spacial score (nSPS) is 20.0. The second kappa shape index (κ2) is 5.17. The van der Waals surface area contributed by atoms with E-state index in [1.807, 2.05) is 19.2 Å². The molecule has 3 nitrogen and oxygen atoms in total. The average molecular weight is 259 g/mol. The van der Waals surface area contributed by atoms with Gasteiger partial charge in [0, 0.05) is 11.9 Å². The summed E-state index contributed by atoms with van der Waals surface area (Å²) in [5.74, 6) is 0.182. The smallest absolute Gasteiger partial charge is 0.239 e. The first-order valence-corrected chi connectivity index (χ1v) is 6.59. The van der Waals surface area contributed by atoms with Crippen LogP contribution in [0.5, 0.6) is 0 Å². The Morgan fingerprint density at radius 2 is 2.50 bits per heavy atom. The van der Waals surface area contributed by atoms with Gasteiger partial charge in [0.15, 0.2) is 0 Å². The summed E-state index contributed by atoms with van der Waals surface area (Å²) in [5.41, 5.74) is 0. The Balaban J connectivity index is 1.91. The minimum Gasteiger partial charge on any atom is -0.339 e. The number of rotatable bonds is 3. The van der Waals surface area contributed by atoms with E-state index in [-0.39, 0.29) is 11.9 Å². The Bertz CT molecular complexity index is 374. The first-order chi connectivity index (χ1) is 7.66. The summed E-state index contributed by atoms with van der Waals surface area (Å²) in [4.78, 5) is 14.9. The molecule has 1 aliphatic heterocycles. The van der Waals surface area contributed by atoms with Gasteiger partial charge in [0.1, 0.15) is 0 Å². The number of nitrogens with zero attached hydrogens (tertiary/aromatic N) is 1. The van der Waals surface area contributed by atoms with Crippen molar-refractivity contribution in [1.82, 2.24) is 10.2 Å². The van der Waals surface area contributed by atoms with Crippen LogP contribution in [-0.2, 0) is 11.3 Å². The zero-order chi connectivity index (χ0) is 11.5. The second-order valence-corrected chi connectivity index (χ2v) is 5.85. The number of hydrogen-bond acceptors (Lipinski definition) is 3. The first-order valence-electron chi connectivity index (χ1n) is 5.39. The van der Waals surface area contributed by atoms with E-state index in [1.165, 1.54) is 11.3 Å². The molecule has 2 rings (SSSR count). The Labute approximate surface area is 104 Å². The van der Waals surface area contributed by atoms with E-state index >= 15 is 0 Å². The van der Waals surface area contributed by atoms with E-state index in [1.54, 1.807) is 4.90 Å². The number of hydrogen-bond donors (Lipinski definition) is 1. The summed E-state index contributed by atoms with van der Waals surface area (Å²) in [6.07, 6.45) is 2.05. The molecule has 88 valence electrons. The van der Waals surface area contributed by atoms with Crippen molar-refractivity contribution in [2.75, 3.05) is 13.6 Å². The third-order valence-corrected chi connectivity index (χ3v) is 3.97. The van der Waals surface area contributed by atoms with Crippen LogP contribution in [-0.4, -0.2) is 30.4 Å². The van der Waals surface area contributed by atoms with Gasteiger partial charge in [0.05, 0.1) is 16.9 Å². The number of likely N-dealkylation sites (N-methyl/N-ethyl adjacent to an activating group) is 1. The number of carbonyl (C=O) groups excluding carboxylic acids is 1. The minimum atomic E-state index is 0.0143. The van der Waals surface area contributed by atoms with Crippen molar-refractivity contribution in [1.29, 1.82) is 0 Å². The quantitative estimate of drug-likeness (QED) is 0.901. The molecule has 1 aromatic heterocycles. The molecule has 0 spiro atoms. The van der Waals surface area contributed by atoms with E-state index in [0.717, 1.165) is 28.6 Å². The maximum atomic E-state index is 12.0. The van der Waals surface area contributed by atoms with E-state index in [9.17, 15) is 4.79 Å². The average Bonchev–Trinajstić information content (AvgIpc) is 2.88. The molecule has 0 radical (unpaired) electrons. The van der Waals surface area contributed by atoms with Crippen molar-refractivity contribution in [2.24, 2.45) is 0 Å². The van der Waals surface area contributed by atoms with Crippen molar-refractivity contribution < 1.29 is 4.79 Å². The first kappa shape index (κ1) is 11.9. The van der Waals surface area contributed by atoms with Gasteiger partial charge in [0.2, 0.25) is 5.91 Å². The summed E-state index contributed by atoms with van der Waals surface area (Å²) in [6.45, 7) is 1.60. The van der Waals surface area contributed by atoms with Crippen LogP contribution in [0.25, 0.3) is 0 Å². The third kappa shape index (κ3) is 2.75. The molecule has 0 aromatic carbocycles. The molecule has 2 heterocycles. The van der Waals surface area contributed by atoms with Crippen LogP contribution < -0.4 is 5.32 Å². The van der Waals surface area contributed by atoms with Gasteiger partial charge < -0.3 is 10.2 Å². The summed E-state index contributed by atoms with van der Waals surface area (Å²) in [5, 5.41) is 3.21. The van der Waals surface area contributed by atoms with Crippen LogP contribution in [0.15, 0.2) is 12.1 Å². The maximum absolute atomic E-state index is 12.0. The second-order valence-electron chi connectivity index (χ2n) is 4.05. The van der Waals surface area contributed by atoms with Crippen molar-refractivity contribution in [3.05, 3.63) is 21.3 Å². The highest BCUT2D eigenvalue weighted by Crippen LogP contribution is 2.22. The summed E-state index contributed by atoms with van der Waals surface area (Å²) >= 11 is 7.38. The molecule has 1 atom stereocenters. The highest BCUT2D eigenvalue weighted by Gasteiger charge is 2.24. The fourth-order valence-corrected chi connectivity index (χ4v) is 3.05. The molecule has 0 saturated carbocycles. The SMILES string of the molecule is CN(Cc1ccc(Cl)s1)C(=O)[C@@H]1CCCN1. The van der Waals surface area contributed by atoms with E-state index in [0.29, 0.717) is 6.54 Å². The van der Waals surface area contributed by atoms with Gasteiger partial charge in [0.25, 0.3) is 0 Å². The predicted molar refractivity (Wildman–Crippen MR) is 66.8 cm³/mol. The lowest BCUT2D eigenvalue weighted by Gasteiger charge is -2.20. The predicted octanol–water partition coefficient (Wildman–Crippen LogP) is 2.11. The van der Waals surface area contributed by atoms with Crippen molar-refractivity contribution in [3.63, 3.8) is 0 Å². The van der Waals surface area contributed by atoms with Gasteiger partial charge in [-0.15, -0.1) is 11.3 Å². The van der Waals surface area contributed by atoms with Gasteiger partial charge in [-0.3, -0.25) is 4.79 Å². The van der Waals surface area contributed by atoms with Gasteiger partial charge in [-0.25, -0.2) is 0 Å². The topological polar surface area (TPSA) is 32.3 Å². The lowest BCUT2D eigenvalue weighted by molar-refractivity contribution is -0.132. The Hall–Kier alpha value is -0.580. The third-order valence-electron chi connectivity index (χ3n) is 2.76. The van der Waals surface area contributed by atoms with Crippen LogP contribution in [0.3, 0.4) is 0 Å². The molecule has 0 bridgehead atoms. The van der Waals surface area contributed by atoms with E-state index in [2.05, 4.69) is 5.32 Å². The molecule has 5 heteroatoms. The molecule has 1 saturated heterocycles. The fourth-order valence-electron chi connectivity index (χ4n) is 1.91. The molecule has 1 aliphatic rings. The van der Waals surface area contributed by atoms with Crippen molar-refractivity contribution in [3.8, 4) is 0 Å². The largest absolute Gasteiger partial charge is 0.339 e. The van der Waals surface area contributed by atoms with E-state index < -0.39 is 0 Å². The van der Waals surface area contributed by atoms with Crippen LogP contribution in [0.1, 0.15) is 17.7 Å². The highest BCUT2D eigenvalue weighted by molar-refractivity contribution is 7.16.